The maximum Gasteiger partial charge on any atom is 0.440 e. The number of carbonyl (C=O) groups is 2. The van der Waals surface area contributed by atoms with E-state index in [9.17, 15) is 18.4 Å². The number of methoxy groups -OCH3 is 2. The van der Waals surface area contributed by atoms with Gasteiger partial charge in [0.15, 0.2) is 0 Å². The van der Waals surface area contributed by atoms with Crippen LogP contribution in [0.15, 0.2) is 48.5 Å². The van der Waals surface area contributed by atoms with Crippen LogP contribution < -0.4 is 9.47 Å². The second-order valence-electron chi connectivity index (χ2n) is 5.80. The van der Waals surface area contributed by atoms with Crippen molar-refractivity contribution in [2.75, 3.05) is 20.8 Å². The van der Waals surface area contributed by atoms with E-state index in [0.29, 0.717) is 27.7 Å². The third-order valence-corrected chi connectivity index (χ3v) is 4.51. The fourth-order valence-electron chi connectivity index (χ4n) is 2.38. The summed E-state index contributed by atoms with van der Waals surface area (Å²) in [6.45, 7) is -0.355. The number of benzene rings is 2. The van der Waals surface area contributed by atoms with Gasteiger partial charge in [0.25, 0.3) is 0 Å². The third kappa shape index (κ3) is 6.86. The highest BCUT2D eigenvalue weighted by molar-refractivity contribution is 7.77. The predicted molar refractivity (Wildman–Crippen MR) is 103 cm³/mol. The second-order valence-corrected chi connectivity index (χ2v) is 6.67. The molecule has 1 unspecified atom stereocenters. The lowest BCUT2D eigenvalue weighted by Gasteiger charge is -2.27. The Hall–Kier alpha value is -2.95. The largest absolute Gasteiger partial charge is 0.755 e. The molecule has 0 bridgehead atoms. The van der Waals surface area contributed by atoms with Gasteiger partial charge in [0.1, 0.15) is 17.8 Å². The van der Waals surface area contributed by atoms with E-state index in [1.165, 1.54) is 14.2 Å². The van der Waals surface area contributed by atoms with E-state index in [-0.39, 0.29) is 19.6 Å². The summed E-state index contributed by atoms with van der Waals surface area (Å²) in [7, 11) is 3.05. The number of amides is 1. The lowest BCUT2D eigenvalue weighted by Crippen LogP contribution is -2.38. The number of nitrogens with zero attached hydrogens (tertiary/aromatic N) is 2. The van der Waals surface area contributed by atoms with Crippen LogP contribution in [0.2, 0.25) is 0 Å². The SMILES string of the molecule is COc1ccc(CN(CC=O)OC(=O)N(Cc2ccc(OC)cc2)S(=O)[O-])cc1. The van der Waals surface area contributed by atoms with Crippen molar-refractivity contribution in [3.05, 3.63) is 59.7 Å². The minimum Gasteiger partial charge on any atom is -0.755 e. The van der Waals surface area contributed by atoms with Crippen molar-refractivity contribution in [3.8, 4) is 11.5 Å². The van der Waals surface area contributed by atoms with Gasteiger partial charge in [-0.2, -0.15) is 0 Å². The van der Waals surface area contributed by atoms with Crippen molar-refractivity contribution >= 4 is 23.6 Å². The number of hydroxylamine groups is 2. The van der Waals surface area contributed by atoms with Gasteiger partial charge in [-0.3, -0.25) is 4.21 Å². The summed E-state index contributed by atoms with van der Waals surface area (Å²) in [5.74, 6) is 1.25. The summed E-state index contributed by atoms with van der Waals surface area (Å²) in [5, 5.41) is 1.07. The first kappa shape index (κ1) is 22.3. The van der Waals surface area contributed by atoms with E-state index in [2.05, 4.69) is 0 Å². The first-order chi connectivity index (χ1) is 14.0. The fraction of sp³-hybridized carbons (Fsp3) is 0.263. The molecule has 2 aromatic rings. The minimum absolute atomic E-state index is 0.0936. The highest BCUT2D eigenvalue weighted by Crippen LogP contribution is 2.16. The van der Waals surface area contributed by atoms with Gasteiger partial charge in [0, 0.05) is 0 Å². The first-order valence-electron chi connectivity index (χ1n) is 8.50. The van der Waals surface area contributed by atoms with Gasteiger partial charge in [-0.1, -0.05) is 24.3 Å². The summed E-state index contributed by atoms with van der Waals surface area (Å²) in [4.78, 5) is 28.5. The normalized spacial score (nSPS) is 11.6. The molecule has 0 aromatic heterocycles. The van der Waals surface area contributed by atoms with Gasteiger partial charge in [-0.05, 0) is 35.4 Å². The maximum atomic E-state index is 12.4. The lowest BCUT2D eigenvalue weighted by molar-refractivity contribution is -0.132. The summed E-state index contributed by atoms with van der Waals surface area (Å²) < 4.78 is 33.7. The van der Waals surface area contributed by atoms with Crippen LogP contribution in [-0.2, 0) is 34.0 Å². The molecule has 156 valence electrons. The average Bonchev–Trinajstić information content (AvgIpc) is 2.72. The van der Waals surface area contributed by atoms with Crippen LogP contribution in [-0.4, -0.2) is 51.3 Å². The molecule has 1 amide bonds. The summed E-state index contributed by atoms with van der Waals surface area (Å²) in [6.07, 6.45) is -0.566. The summed E-state index contributed by atoms with van der Waals surface area (Å²) in [6, 6.07) is 13.5. The smallest absolute Gasteiger partial charge is 0.440 e. The fourth-order valence-corrected chi connectivity index (χ4v) is 2.79. The number of ether oxygens (including phenoxy) is 2. The molecule has 0 saturated carbocycles. The third-order valence-electron chi connectivity index (χ3n) is 3.87. The van der Waals surface area contributed by atoms with Crippen LogP contribution >= 0.6 is 0 Å². The Kier molecular flexibility index (Phi) is 8.59. The number of hydrogen-bond acceptors (Lipinski definition) is 8. The molecule has 0 fully saturated rings. The Morgan fingerprint density at radius 1 is 0.966 bits per heavy atom. The highest BCUT2D eigenvalue weighted by atomic mass is 32.2. The van der Waals surface area contributed by atoms with E-state index in [1.807, 2.05) is 0 Å². The quantitative estimate of drug-likeness (QED) is 0.326. The Morgan fingerprint density at radius 3 is 1.86 bits per heavy atom. The predicted octanol–water partition coefficient (Wildman–Crippen LogP) is 2.05. The zero-order valence-electron chi connectivity index (χ0n) is 16.0. The molecule has 2 rings (SSSR count). The number of rotatable bonds is 10. The highest BCUT2D eigenvalue weighted by Gasteiger charge is 2.21. The van der Waals surface area contributed by atoms with Crippen LogP contribution in [0.5, 0.6) is 11.5 Å². The molecule has 0 aliphatic carbocycles. The second kappa shape index (κ2) is 11.1. The van der Waals surface area contributed by atoms with E-state index in [0.717, 1.165) is 10.6 Å². The molecular formula is C19H21N2O7S-. The van der Waals surface area contributed by atoms with Gasteiger partial charge < -0.3 is 23.7 Å². The Morgan fingerprint density at radius 2 is 1.45 bits per heavy atom. The summed E-state index contributed by atoms with van der Waals surface area (Å²) >= 11 is -2.87. The van der Waals surface area contributed by atoms with Crippen molar-refractivity contribution in [1.82, 2.24) is 9.37 Å². The molecule has 1 atom stereocenters. The Bertz CT molecular complexity index is 827. The van der Waals surface area contributed by atoms with Gasteiger partial charge >= 0.3 is 6.09 Å². The Labute approximate surface area is 171 Å². The lowest BCUT2D eigenvalue weighted by atomic mass is 10.2. The molecule has 0 aliphatic heterocycles. The van der Waals surface area contributed by atoms with E-state index >= 15 is 0 Å². The van der Waals surface area contributed by atoms with Crippen molar-refractivity contribution < 1.29 is 32.7 Å². The van der Waals surface area contributed by atoms with Crippen LogP contribution in [0.1, 0.15) is 11.1 Å². The zero-order valence-corrected chi connectivity index (χ0v) is 16.8. The molecule has 0 radical (unpaired) electrons. The van der Waals surface area contributed by atoms with E-state index in [1.54, 1.807) is 48.5 Å². The molecule has 0 heterocycles. The van der Waals surface area contributed by atoms with Crippen LogP contribution in [0, 0.1) is 0 Å². The monoisotopic (exact) mass is 421 g/mol. The van der Waals surface area contributed by atoms with Gasteiger partial charge in [0.2, 0.25) is 0 Å². The van der Waals surface area contributed by atoms with Gasteiger partial charge in [0.05, 0.1) is 45.1 Å². The van der Waals surface area contributed by atoms with Crippen LogP contribution in [0.25, 0.3) is 0 Å². The van der Waals surface area contributed by atoms with Crippen molar-refractivity contribution in [1.29, 1.82) is 0 Å². The molecule has 0 spiro atoms. The number of aldehydes is 1. The molecule has 2 aromatic carbocycles. The average molecular weight is 421 g/mol. The standard InChI is InChI=1S/C19H22N2O7S/c1-26-17-7-3-15(4-8-17)13-20(11-12-22)28-19(23)21(29(24)25)14-16-5-9-18(27-2)10-6-16/h3-10,12H,11,13-14H2,1-2H3,(H,24,25)/p-1. The molecular weight excluding hydrogens is 400 g/mol. The molecule has 0 aliphatic rings. The molecule has 29 heavy (non-hydrogen) atoms. The first-order valence-corrected chi connectivity index (χ1v) is 9.53. The Balaban J connectivity index is 2.06. The molecule has 9 nitrogen and oxygen atoms in total. The number of carbonyl (C=O) groups excluding carboxylic acids is 2. The number of hydrogen-bond donors (Lipinski definition) is 0. The molecule has 0 N–H and O–H groups in total. The van der Waals surface area contributed by atoms with E-state index < -0.39 is 17.4 Å². The maximum absolute atomic E-state index is 12.4. The zero-order chi connectivity index (χ0) is 21.2. The van der Waals surface area contributed by atoms with Crippen molar-refractivity contribution in [2.24, 2.45) is 0 Å². The van der Waals surface area contributed by atoms with Crippen molar-refractivity contribution in [3.63, 3.8) is 0 Å². The minimum atomic E-state index is -2.87. The van der Waals surface area contributed by atoms with Gasteiger partial charge in [-0.15, -0.1) is 5.06 Å². The molecule has 0 saturated heterocycles. The van der Waals surface area contributed by atoms with Crippen LogP contribution in [0.4, 0.5) is 4.79 Å². The van der Waals surface area contributed by atoms with Crippen LogP contribution in [0.3, 0.4) is 0 Å². The van der Waals surface area contributed by atoms with Crippen molar-refractivity contribution in [2.45, 2.75) is 13.1 Å². The van der Waals surface area contributed by atoms with E-state index in [4.69, 9.17) is 14.3 Å². The van der Waals surface area contributed by atoms with Gasteiger partial charge in [-0.25, -0.2) is 9.10 Å². The molecule has 10 heteroatoms. The topological polar surface area (TPSA) is 108 Å². The summed E-state index contributed by atoms with van der Waals surface area (Å²) in [5.41, 5.74) is 1.30.